The number of hydrogen-bond acceptors (Lipinski definition) is 2. The predicted molar refractivity (Wildman–Crippen MR) is 71.2 cm³/mol. The predicted octanol–water partition coefficient (Wildman–Crippen LogP) is 3.63. The summed E-state index contributed by atoms with van der Waals surface area (Å²) < 4.78 is 2.17. The van der Waals surface area contributed by atoms with Crippen molar-refractivity contribution < 1.29 is 0 Å². The fraction of sp³-hybridized carbons (Fsp3) is 0.462. The quantitative estimate of drug-likeness (QED) is 0.839. The van der Waals surface area contributed by atoms with E-state index in [9.17, 15) is 0 Å². The zero-order chi connectivity index (χ0) is 12.0. The summed E-state index contributed by atoms with van der Waals surface area (Å²) in [5, 5.41) is 0.679. The van der Waals surface area contributed by atoms with Crippen molar-refractivity contribution in [1.29, 1.82) is 0 Å². The van der Waals surface area contributed by atoms with Crippen molar-refractivity contribution in [3.05, 3.63) is 23.2 Å². The van der Waals surface area contributed by atoms with Crippen molar-refractivity contribution in [2.24, 2.45) is 5.92 Å². The van der Waals surface area contributed by atoms with E-state index >= 15 is 0 Å². The van der Waals surface area contributed by atoms with Crippen molar-refractivity contribution >= 4 is 28.6 Å². The molecule has 2 aromatic rings. The molecule has 1 fully saturated rings. The third kappa shape index (κ3) is 1.61. The highest BCUT2D eigenvalue weighted by atomic mass is 35.5. The molecule has 2 N–H and O–H groups in total. The van der Waals surface area contributed by atoms with Gasteiger partial charge in [-0.1, -0.05) is 31.0 Å². The molecule has 1 aliphatic rings. The first-order valence-corrected chi connectivity index (χ1v) is 6.48. The van der Waals surface area contributed by atoms with Gasteiger partial charge in [-0.25, -0.2) is 4.98 Å². The largest absolute Gasteiger partial charge is 0.369 e. The van der Waals surface area contributed by atoms with E-state index in [0.717, 1.165) is 11.0 Å². The molecule has 17 heavy (non-hydrogen) atoms. The molecule has 2 unspecified atom stereocenters. The van der Waals surface area contributed by atoms with Gasteiger partial charge in [0.1, 0.15) is 5.52 Å². The summed E-state index contributed by atoms with van der Waals surface area (Å²) in [6, 6.07) is 6.34. The second kappa shape index (κ2) is 3.91. The van der Waals surface area contributed by atoms with Crippen molar-refractivity contribution in [3.8, 4) is 0 Å². The number of benzene rings is 1. The van der Waals surface area contributed by atoms with Crippen LogP contribution in [0.15, 0.2) is 18.2 Å². The Labute approximate surface area is 106 Å². The summed E-state index contributed by atoms with van der Waals surface area (Å²) in [5.41, 5.74) is 7.95. The minimum absolute atomic E-state index is 0.471. The molecule has 0 bridgehead atoms. The summed E-state index contributed by atoms with van der Waals surface area (Å²) in [5.74, 6) is 1.25. The molecule has 0 spiro atoms. The first-order valence-electron chi connectivity index (χ1n) is 6.10. The van der Waals surface area contributed by atoms with E-state index in [0.29, 0.717) is 22.9 Å². The van der Waals surface area contributed by atoms with Gasteiger partial charge >= 0.3 is 0 Å². The number of halogens is 1. The van der Waals surface area contributed by atoms with Crippen LogP contribution < -0.4 is 5.73 Å². The van der Waals surface area contributed by atoms with Gasteiger partial charge in [0, 0.05) is 6.04 Å². The maximum Gasteiger partial charge on any atom is 0.201 e. The van der Waals surface area contributed by atoms with Crippen LogP contribution in [0.25, 0.3) is 11.0 Å². The van der Waals surface area contributed by atoms with Gasteiger partial charge in [0.05, 0.1) is 10.5 Å². The summed E-state index contributed by atoms with van der Waals surface area (Å²) in [6.45, 7) is 2.29. The van der Waals surface area contributed by atoms with Crippen LogP contribution in [-0.4, -0.2) is 9.55 Å². The molecule has 1 heterocycles. The molecule has 1 aromatic heterocycles. The molecule has 2 atom stereocenters. The van der Waals surface area contributed by atoms with E-state index in [-0.39, 0.29) is 0 Å². The molecule has 1 saturated carbocycles. The Balaban J connectivity index is 2.22. The van der Waals surface area contributed by atoms with Crippen molar-refractivity contribution in [2.45, 2.75) is 32.2 Å². The zero-order valence-corrected chi connectivity index (χ0v) is 10.6. The Morgan fingerprint density at radius 2 is 2.24 bits per heavy atom. The first kappa shape index (κ1) is 10.9. The van der Waals surface area contributed by atoms with Gasteiger partial charge in [-0.15, -0.1) is 0 Å². The minimum atomic E-state index is 0.471. The van der Waals surface area contributed by atoms with E-state index in [2.05, 4.69) is 22.5 Å². The van der Waals surface area contributed by atoms with Crippen LogP contribution in [0.5, 0.6) is 0 Å². The van der Waals surface area contributed by atoms with E-state index in [1.165, 1.54) is 19.3 Å². The third-order valence-corrected chi connectivity index (χ3v) is 4.15. The van der Waals surface area contributed by atoms with Crippen LogP contribution in [0.4, 0.5) is 5.95 Å². The van der Waals surface area contributed by atoms with Crippen LogP contribution in [0.2, 0.25) is 5.02 Å². The molecule has 0 amide bonds. The van der Waals surface area contributed by atoms with Gasteiger partial charge in [0.25, 0.3) is 0 Å². The Hall–Kier alpha value is -1.22. The second-order valence-electron chi connectivity index (χ2n) is 4.92. The molecular weight excluding hydrogens is 234 g/mol. The fourth-order valence-electron chi connectivity index (χ4n) is 2.96. The lowest BCUT2D eigenvalue weighted by atomic mass is 10.1. The molecule has 0 aliphatic heterocycles. The third-order valence-electron chi connectivity index (χ3n) is 3.85. The van der Waals surface area contributed by atoms with Gasteiger partial charge in [0.2, 0.25) is 5.95 Å². The number of nitrogens with two attached hydrogens (primary N) is 1. The van der Waals surface area contributed by atoms with Crippen molar-refractivity contribution in [1.82, 2.24) is 9.55 Å². The van der Waals surface area contributed by atoms with Crippen LogP contribution >= 0.6 is 11.6 Å². The SMILES string of the molecule is CC1CCCC1n1c(N)nc2c(Cl)cccc21. The molecular formula is C13H16ClN3. The number of nitrogens with zero attached hydrogens (tertiary/aromatic N) is 2. The molecule has 3 rings (SSSR count). The monoisotopic (exact) mass is 249 g/mol. The summed E-state index contributed by atoms with van der Waals surface area (Å²) in [6.07, 6.45) is 3.72. The number of hydrogen-bond donors (Lipinski definition) is 1. The lowest BCUT2D eigenvalue weighted by Crippen LogP contribution is -2.14. The van der Waals surface area contributed by atoms with Crippen LogP contribution in [0, 0.1) is 5.92 Å². The number of rotatable bonds is 1. The van der Waals surface area contributed by atoms with Crippen LogP contribution in [0.1, 0.15) is 32.2 Å². The minimum Gasteiger partial charge on any atom is -0.369 e. The van der Waals surface area contributed by atoms with Crippen LogP contribution in [-0.2, 0) is 0 Å². The Morgan fingerprint density at radius 3 is 2.94 bits per heavy atom. The summed E-state index contributed by atoms with van der Waals surface area (Å²) in [7, 11) is 0. The maximum atomic E-state index is 6.15. The number of nitrogen functional groups attached to an aromatic ring is 1. The van der Waals surface area contributed by atoms with Crippen LogP contribution in [0.3, 0.4) is 0 Å². The molecule has 0 saturated heterocycles. The highest BCUT2D eigenvalue weighted by molar-refractivity contribution is 6.35. The standard InChI is InChI=1S/C13H16ClN3/c1-8-4-2-6-10(8)17-11-7-3-5-9(14)12(11)16-13(17)15/h3,5,7-8,10H,2,4,6H2,1H3,(H2,15,16). The summed E-state index contributed by atoms with van der Waals surface area (Å²) >= 11 is 6.15. The topological polar surface area (TPSA) is 43.8 Å². The van der Waals surface area contributed by atoms with E-state index in [1.807, 2.05) is 12.1 Å². The first-order chi connectivity index (χ1) is 8.18. The lowest BCUT2D eigenvalue weighted by Gasteiger charge is -2.19. The molecule has 0 radical (unpaired) electrons. The average molecular weight is 250 g/mol. The molecule has 1 aliphatic carbocycles. The second-order valence-corrected chi connectivity index (χ2v) is 5.33. The average Bonchev–Trinajstić information content (AvgIpc) is 2.83. The van der Waals surface area contributed by atoms with Crippen molar-refractivity contribution in [3.63, 3.8) is 0 Å². The highest BCUT2D eigenvalue weighted by Crippen LogP contribution is 2.39. The summed E-state index contributed by atoms with van der Waals surface area (Å²) in [4.78, 5) is 4.40. The molecule has 1 aromatic carbocycles. The van der Waals surface area contributed by atoms with Crippen molar-refractivity contribution in [2.75, 3.05) is 5.73 Å². The van der Waals surface area contributed by atoms with Gasteiger partial charge in [0.15, 0.2) is 0 Å². The number of para-hydroxylation sites is 1. The number of fused-ring (bicyclic) bond motifs is 1. The smallest absolute Gasteiger partial charge is 0.201 e. The molecule has 4 heteroatoms. The van der Waals surface area contributed by atoms with E-state index in [1.54, 1.807) is 0 Å². The number of imidazole rings is 1. The zero-order valence-electron chi connectivity index (χ0n) is 9.86. The Kier molecular flexibility index (Phi) is 2.51. The lowest BCUT2D eigenvalue weighted by molar-refractivity contribution is 0.421. The van der Waals surface area contributed by atoms with Gasteiger partial charge in [-0.3, -0.25) is 0 Å². The van der Waals surface area contributed by atoms with Gasteiger partial charge in [-0.2, -0.15) is 0 Å². The van der Waals surface area contributed by atoms with E-state index in [4.69, 9.17) is 17.3 Å². The molecule has 90 valence electrons. The van der Waals surface area contributed by atoms with E-state index < -0.39 is 0 Å². The number of aromatic nitrogens is 2. The van der Waals surface area contributed by atoms with Gasteiger partial charge in [-0.05, 0) is 30.9 Å². The molecule has 3 nitrogen and oxygen atoms in total. The Bertz CT molecular complexity index is 561. The number of anilines is 1. The maximum absolute atomic E-state index is 6.15. The highest BCUT2D eigenvalue weighted by Gasteiger charge is 2.28. The Morgan fingerprint density at radius 1 is 1.41 bits per heavy atom. The fourth-order valence-corrected chi connectivity index (χ4v) is 3.17. The normalized spacial score (nSPS) is 24.6. The van der Waals surface area contributed by atoms with Gasteiger partial charge < -0.3 is 10.3 Å².